The van der Waals surface area contributed by atoms with Gasteiger partial charge in [0, 0.05) is 19.8 Å². The molecule has 0 rings (SSSR count). The molecule has 0 aromatic rings. The van der Waals surface area contributed by atoms with Crippen molar-refractivity contribution in [1.29, 1.82) is 0 Å². The number of hydrogen-bond donors (Lipinski definition) is 5. The van der Waals surface area contributed by atoms with E-state index in [0.717, 1.165) is 6.42 Å². The van der Waals surface area contributed by atoms with E-state index >= 15 is 0 Å². The molecule has 0 aromatic heterocycles. The fraction of sp³-hybridized carbons (Fsp3) is 1.00. The molecule has 0 bridgehead atoms. The average Bonchev–Trinajstić information content (AvgIpc) is 2.14. The van der Waals surface area contributed by atoms with E-state index in [1.54, 1.807) is 6.92 Å². The van der Waals surface area contributed by atoms with Crippen molar-refractivity contribution in [1.82, 2.24) is 0 Å². The Hall–Kier alpha value is -0.320. The van der Waals surface area contributed by atoms with Crippen LogP contribution in [0.4, 0.5) is 0 Å². The molecule has 104 valence electrons. The molecular formula is C9H29N7O+2. The summed E-state index contributed by atoms with van der Waals surface area (Å²) in [6.45, 7) is 9.27. The van der Waals surface area contributed by atoms with Crippen LogP contribution in [0.5, 0.6) is 0 Å². The Morgan fingerprint density at radius 1 is 0.882 bits per heavy atom. The van der Waals surface area contributed by atoms with Crippen molar-refractivity contribution in [3.8, 4) is 0 Å². The second kappa shape index (κ2) is 4.75. The molecule has 0 aromatic carbocycles. The Morgan fingerprint density at radius 3 is 1.53 bits per heavy atom. The average molecular weight is 251 g/mol. The number of hydroxylamine groups is 1. The van der Waals surface area contributed by atoms with E-state index in [9.17, 15) is 0 Å². The Bertz CT molecular complexity index is 261. The van der Waals surface area contributed by atoms with Crippen LogP contribution in [-0.4, -0.2) is 20.9 Å². The zero-order valence-corrected chi connectivity index (χ0v) is 11.6. The highest BCUT2D eigenvalue weighted by Gasteiger charge is 2.54. The largest absolute Gasteiger partial charge is 0.307 e. The van der Waals surface area contributed by atoms with E-state index in [4.69, 9.17) is 34.1 Å². The zero-order chi connectivity index (χ0) is 14.1. The van der Waals surface area contributed by atoms with Gasteiger partial charge < -0.3 is 0 Å². The zero-order valence-electron chi connectivity index (χ0n) is 11.6. The second-order valence-electron chi connectivity index (χ2n) is 5.33. The van der Waals surface area contributed by atoms with Crippen molar-refractivity contribution in [2.24, 2.45) is 29.2 Å². The summed E-state index contributed by atoms with van der Waals surface area (Å²) < 4.78 is 0. The van der Waals surface area contributed by atoms with Crippen LogP contribution in [0.2, 0.25) is 0 Å². The van der Waals surface area contributed by atoms with Crippen molar-refractivity contribution in [3.63, 3.8) is 0 Å². The molecule has 0 aliphatic heterocycles. The van der Waals surface area contributed by atoms with Crippen molar-refractivity contribution in [3.05, 3.63) is 0 Å². The summed E-state index contributed by atoms with van der Waals surface area (Å²) in [5.41, 5.74) is -1.58. The smallest absolute Gasteiger partial charge is 0.139 e. The third-order valence-corrected chi connectivity index (χ3v) is 3.63. The van der Waals surface area contributed by atoms with Gasteiger partial charge in [-0.05, 0) is 18.7 Å². The van der Waals surface area contributed by atoms with E-state index in [0.29, 0.717) is 6.42 Å². The number of nitrogens with two attached hydrogens (primary N) is 5. The van der Waals surface area contributed by atoms with Crippen LogP contribution >= 0.6 is 0 Å². The molecule has 0 amide bonds. The summed E-state index contributed by atoms with van der Waals surface area (Å²) in [4.78, 5) is 4.18. The Kier molecular flexibility index (Phi) is 4.66. The molecule has 1 atom stereocenters. The fourth-order valence-corrected chi connectivity index (χ4v) is 1.11. The van der Waals surface area contributed by atoms with Crippen molar-refractivity contribution in [2.75, 3.05) is 0 Å². The molecular weight excluding hydrogens is 222 g/mol. The topological polar surface area (TPSA) is 139 Å². The predicted octanol–water partition coefficient (Wildman–Crippen LogP) is -0.765. The second-order valence-corrected chi connectivity index (χ2v) is 5.33. The highest BCUT2D eigenvalue weighted by Crippen LogP contribution is 2.28. The number of quaternary nitrogens is 2. The maximum atomic E-state index is 5.98. The van der Waals surface area contributed by atoms with Gasteiger partial charge in [0.1, 0.15) is 0 Å². The summed E-state index contributed by atoms with van der Waals surface area (Å²) in [5, 5.41) is 0. The number of rotatable bonds is 6. The van der Waals surface area contributed by atoms with Crippen LogP contribution in [-0.2, 0) is 4.84 Å². The van der Waals surface area contributed by atoms with Gasteiger partial charge in [-0.15, -0.1) is 29.2 Å². The first-order chi connectivity index (χ1) is 7.33. The molecule has 0 aliphatic carbocycles. The van der Waals surface area contributed by atoms with Crippen molar-refractivity contribution >= 4 is 0 Å². The summed E-state index contributed by atoms with van der Waals surface area (Å²) in [5.74, 6) is 28.9. The van der Waals surface area contributed by atoms with Crippen molar-refractivity contribution in [2.45, 2.75) is 58.7 Å². The van der Waals surface area contributed by atoms with Crippen LogP contribution in [0.1, 0.15) is 47.5 Å². The normalized spacial score (nSPS) is 18.0. The summed E-state index contributed by atoms with van der Waals surface area (Å²) >= 11 is 0. The molecule has 0 aliphatic rings. The maximum absolute atomic E-state index is 5.98. The molecule has 0 fully saturated rings. The van der Waals surface area contributed by atoms with Crippen LogP contribution in [0.25, 0.3) is 0 Å². The van der Waals surface area contributed by atoms with Crippen LogP contribution in [0, 0.1) is 0 Å². The number of nitrogens with zero attached hydrogens (tertiary/aromatic N) is 2. The Morgan fingerprint density at radius 2 is 1.29 bits per heavy atom. The summed E-state index contributed by atoms with van der Waals surface area (Å²) in [6.07, 6.45) is 1.18. The molecule has 1 unspecified atom stereocenters. The fourth-order valence-electron chi connectivity index (χ4n) is 1.11. The lowest BCUT2D eigenvalue weighted by Crippen LogP contribution is -2.83. The minimum Gasteiger partial charge on any atom is -0.139 e. The van der Waals surface area contributed by atoms with Crippen LogP contribution in [0.3, 0.4) is 0 Å². The van der Waals surface area contributed by atoms with Crippen LogP contribution < -0.4 is 29.2 Å². The van der Waals surface area contributed by atoms with E-state index in [-0.39, 0.29) is 0 Å². The first-order valence-electron chi connectivity index (χ1n) is 5.75. The van der Waals surface area contributed by atoms with Gasteiger partial charge in [0.05, 0.1) is 0 Å². The van der Waals surface area contributed by atoms with Crippen molar-refractivity contribution < 1.29 is 14.5 Å². The van der Waals surface area contributed by atoms with E-state index in [1.807, 2.05) is 27.7 Å². The van der Waals surface area contributed by atoms with Gasteiger partial charge in [0.2, 0.25) is 0 Å². The van der Waals surface area contributed by atoms with E-state index in [2.05, 4.69) is 0 Å². The molecule has 0 saturated heterocycles. The van der Waals surface area contributed by atoms with Gasteiger partial charge in [-0.3, -0.25) is 0 Å². The van der Waals surface area contributed by atoms with E-state index < -0.39 is 20.9 Å². The molecule has 8 nitrogen and oxygen atoms in total. The predicted molar refractivity (Wildman–Crippen MR) is 65.6 cm³/mol. The molecule has 0 spiro atoms. The Labute approximate surface area is 103 Å². The lowest BCUT2D eigenvalue weighted by molar-refractivity contribution is -1.21. The first kappa shape index (κ1) is 16.7. The maximum Gasteiger partial charge on any atom is 0.307 e. The molecule has 0 radical (unpaired) electrons. The van der Waals surface area contributed by atoms with Gasteiger partial charge in [0.25, 0.3) is 0 Å². The van der Waals surface area contributed by atoms with E-state index in [1.165, 1.54) is 0 Å². The monoisotopic (exact) mass is 251 g/mol. The quantitative estimate of drug-likeness (QED) is 0.182. The van der Waals surface area contributed by atoms with Crippen LogP contribution in [0.15, 0.2) is 0 Å². The SMILES string of the molecule is CCC(C)(O[N+](N)(N)C(C)(C)CC)[N+](N)(N)N. The molecule has 10 N–H and O–H groups in total. The lowest BCUT2D eigenvalue weighted by atomic mass is 10.0. The first-order valence-corrected chi connectivity index (χ1v) is 5.75. The molecule has 17 heavy (non-hydrogen) atoms. The molecule has 8 heteroatoms. The lowest BCUT2D eigenvalue weighted by Gasteiger charge is -2.44. The van der Waals surface area contributed by atoms with Gasteiger partial charge in [-0.2, -0.15) is 0 Å². The van der Waals surface area contributed by atoms with Gasteiger partial charge in [-0.25, -0.2) is 0 Å². The van der Waals surface area contributed by atoms with Gasteiger partial charge in [0.15, 0.2) is 5.54 Å². The highest BCUT2D eigenvalue weighted by atomic mass is 16.8. The summed E-state index contributed by atoms with van der Waals surface area (Å²) in [7, 11) is 0. The highest BCUT2D eigenvalue weighted by molar-refractivity contribution is 4.63. The molecule has 0 heterocycles. The minimum absolute atomic E-state index is 0.463. The summed E-state index contributed by atoms with van der Waals surface area (Å²) in [6, 6.07) is 0. The third-order valence-electron chi connectivity index (χ3n) is 3.63. The minimum atomic E-state index is -1.09. The van der Waals surface area contributed by atoms with Gasteiger partial charge in [-0.1, -0.05) is 23.5 Å². The van der Waals surface area contributed by atoms with Gasteiger partial charge >= 0.3 is 5.72 Å². The number of hydrogen-bond acceptors (Lipinski definition) is 6. The third kappa shape index (κ3) is 3.33. The molecule has 0 saturated carbocycles. The standard InChI is InChI=1S/C9H29N7O/c1-6-8(3,4)16(13,14)17-9(5,7-2)15(10,11)12/h6-7,10-14H2,1-5H3/q+2. The Balaban J connectivity index is 5.17.